The van der Waals surface area contributed by atoms with E-state index in [4.69, 9.17) is 4.74 Å². The summed E-state index contributed by atoms with van der Waals surface area (Å²) in [5, 5.41) is 11.1. The Labute approximate surface area is 157 Å². The minimum atomic E-state index is -4.14. The number of rotatable bonds is 7. The molecule has 0 bridgehead atoms. The molecular formula is C18H20N2O6S. The van der Waals surface area contributed by atoms with Crippen molar-refractivity contribution >= 4 is 27.4 Å². The van der Waals surface area contributed by atoms with Crippen LogP contribution in [0.1, 0.15) is 18.1 Å². The molecule has 2 aromatic carbocycles. The zero-order valence-corrected chi connectivity index (χ0v) is 16.0. The first-order valence-corrected chi connectivity index (χ1v) is 9.61. The minimum absolute atomic E-state index is 0.0247. The number of carbonyl (C=O) groups excluding carboxylic acids is 1. The Balaban J connectivity index is 2.61. The van der Waals surface area contributed by atoms with Gasteiger partial charge in [0, 0.05) is 12.1 Å². The zero-order chi connectivity index (χ0) is 20.2. The van der Waals surface area contributed by atoms with Crippen LogP contribution in [-0.2, 0) is 19.6 Å². The first-order chi connectivity index (χ1) is 12.7. The number of nitro groups is 1. The number of aryl methyl sites for hydroxylation is 2. The van der Waals surface area contributed by atoms with E-state index < -0.39 is 27.5 Å². The van der Waals surface area contributed by atoms with Gasteiger partial charge in [-0.3, -0.25) is 19.2 Å². The molecule has 2 rings (SSSR count). The van der Waals surface area contributed by atoms with Crippen LogP contribution < -0.4 is 4.31 Å². The van der Waals surface area contributed by atoms with Crippen molar-refractivity contribution in [3.8, 4) is 0 Å². The monoisotopic (exact) mass is 392 g/mol. The number of hydrogen-bond donors (Lipinski definition) is 0. The third-order valence-electron chi connectivity index (χ3n) is 3.86. The van der Waals surface area contributed by atoms with Crippen LogP contribution in [0.4, 0.5) is 11.4 Å². The highest BCUT2D eigenvalue weighted by Gasteiger charge is 2.30. The third-order valence-corrected chi connectivity index (χ3v) is 5.63. The number of sulfonamides is 1. The molecule has 0 aromatic heterocycles. The number of non-ortho nitro benzene ring substituents is 1. The molecule has 0 unspecified atom stereocenters. The van der Waals surface area contributed by atoms with Crippen LogP contribution in [0.25, 0.3) is 0 Å². The lowest BCUT2D eigenvalue weighted by Gasteiger charge is -2.25. The van der Waals surface area contributed by atoms with Gasteiger partial charge in [-0.05, 0) is 38.5 Å². The van der Waals surface area contributed by atoms with Crippen molar-refractivity contribution in [3.63, 3.8) is 0 Å². The standard InChI is InChI=1S/C18H20N2O6S/c1-4-26-18(21)12-19(17-11-15(20(22)23)8-7-14(17)3)27(24,25)16-9-5-13(2)6-10-16/h5-11H,4,12H2,1-3H3. The molecule has 9 heteroatoms. The number of esters is 1. The lowest BCUT2D eigenvalue weighted by Crippen LogP contribution is -2.37. The highest BCUT2D eigenvalue weighted by molar-refractivity contribution is 7.92. The van der Waals surface area contributed by atoms with Crippen LogP contribution in [0.5, 0.6) is 0 Å². The Morgan fingerprint density at radius 1 is 1.15 bits per heavy atom. The van der Waals surface area contributed by atoms with Crippen molar-refractivity contribution in [2.24, 2.45) is 0 Å². The maximum Gasteiger partial charge on any atom is 0.326 e. The maximum absolute atomic E-state index is 13.2. The van der Waals surface area contributed by atoms with Crippen LogP contribution in [0.15, 0.2) is 47.4 Å². The summed E-state index contributed by atoms with van der Waals surface area (Å²) in [4.78, 5) is 22.5. The largest absolute Gasteiger partial charge is 0.465 e. The fourth-order valence-electron chi connectivity index (χ4n) is 2.44. The number of hydrogen-bond acceptors (Lipinski definition) is 6. The van der Waals surface area contributed by atoms with E-state index in [0.29, 0.717) is 5.56 Å². The summed E-state index contributed by atoms with van der Waals surface area (Å²) < 4.78 is 32.1. The fourth-order valence-corrected chi connectivity index (χ4v) is 3.91. The van der Waals surface area contributed by atoms with E-state index in [1.165, 1.54) is 24.3 Å². The maximum atomic E-state index is 13.2. The fraction of sp³-hybridized carbons (Fsp3) is 0.278. The number of carbonyl (C=O) groups is 1. The molecule has 0 atom stereocenters. The molecule has 0 saturated carbocycles. The van der Waals surface area contributed by atoms with Crippen molar-refractivity contribution in [2.45, 2.75) is 25.7 Å². The number of nitrogens with zero attached hydrogens (tertiary/aromatic N) is 2. The van der Waals surface area contributed by atoms with Crippen molar-refractivity contribution in [1.82, 2.24) is 0 Å². The van der Waals surface area contributed by atoms with E-state index in [-0.39, 0.29) is 22.9 Å². The van der Waals surface area contributed by atoms with Crippen molar-refractivity contribution < 1.29 is 22.9 Å². The van der Waals surface area contributed by atoms with Gasteiger partial charge in [-0.15, -0.1) is 0 Å². The molecule has 0 aliphatic carbocycles. The number of ether oxygens (including phenoxy) is 1. The molecule has 144 valence electrons. The summed E-state index contributed by atoms with van der Waals surface area (Å²) in [7, 11) is -4.14. The lowest BCUT2D eigenvalue weighted by molar-refractivity contribution is -0.384. The summed E-state index contributed by atoms with van der Waals surface area (Å²) in [5.74, 6) is -0.751. The second-order valence-electron chi connectivity index (χ2n) is 5.86. The van der Waals surface area contributed by atoms with Gasteiger partial charge in [0.25, 0.3) is 15.7 Å². The number of nitro benzene ring substituents is 1. The summed E-state index contributed by atoms with van der Waals surface area (Å²) in [6, 6.07) is 9.98. The average molecular weight is 392 g/mol. The lowest BCUT2D eigenvalue weighted by atomic mass is 10.2. The van der Waals surface area contributed by atoms with Crippen LogP contribution in [0, 0.1) is 24.0 Å². The van der Waals surface area contributed by atoms with Gasteiger partial charge in [0.05, 0.1) is 22.1 Å². The van der Waals surface area contributed by atoms with Gasteiger partial charge in [0.2, 0.25) is 0 Å². The van der Waals surface area contributed by atoms with Crippen LogP contribution >= 0.6 is 0 Å². The first kappa shape index (κ1) is 20.4. The highest BCUT2D eigenvalue weighted by Crippen LogP contribution is 2.30. The van der Waals surface area contributed by atoms with E-state index in [1.54, 1.807) is 26.0 Å². The van der Waals surface area contributed by atoms with Crippen LogP contribution in [-0.4, -0.2) is 32.5 Å². The molecule has 0 amide bonds. The Hall–Kier alpha value is -2.94. The summed E-state index contributed by atoms with van der Waals surface area (Å²) in [5.41, 5.74) is 1.12. The molecule has 0 spiro atoms. The molecule has 0 fully saturated rings. The molecule has 0 saturated heterocycles. The Bertz CT molecular complexity index is 954. The Morgan fingerprint density at radius 3 is 2.33 bits per heavy atom. The SMILES string of the molecule is CCOC(=O)CN(c1cc([N+](=O)[O-])ccc1C)S(=O)(=O)c1ccc(C)cc1. The molecule has 0 aliphatic heterocycles. The predicted molar refractivity (Wildman–Crippen MR) is 100 cm³/mol. The molecule has 0 radical (unpaired) electrons. The summed E-state index contributed by atoms with van der Waals surface area (Å²) in [6.07, 6.45) is 0. The van der Waals surface area contributed by atoms with Gasteiger partial charge in [0.15, 0.2) is 0 Å². The molecule has 0 aliphatic rings. The highest BCUT2D eigenvalue weighted by atomic mass is 32.2. The quantitative estimate of drug-likeness (QED) is 0.407. The molecular weight excluding hydrogens is 372 g/mol. The third kappa shape index (κ3) is 4.62. The van der Waals surface area contributed by atoms with E-state index in [0.717, 1.165) is 15.9 Å². The Kier molecular flexibility index (Phi) is 6.17. The van der Waals surface area contributed by atoms with Gasteiger partial charge in [0.1, 0.15) is 6.54 Å². The summed E-state index contributed by atoms with van der Waals surface area (Å²) in [6.45, 7) is 4.53. The smallest absolute Gasteiger partial charge is 0.326 e. The Morgan fingerprint density at radius 2 is 1.78 bits per heavy atom. The summed E-state index contributed by atoms with van der Waals surface area (Å²) >= 11 is 0. The van der Waals surface area contributed by atoms with E-state index >= 15 is 0 Å². The van der Waals surface area contributed by atoms with Gasteiger partial charge in [-0.1, -0.05) is 23.8 Å². The van der Waals surface area contributed by atoms with Gasteiger partial charge in [-0.2, -0.15) is 0 Å². The van der Waals surface area contributed by atoms with Crippen LogP contribution in [0.2, 0.25) is 0 Å². The molecule has 27 heavy (non-hydrogen) atoms. The van der Waals surface area contributed by atoms with Crippen molar-refractivity contribution in [2.75, 3.05) is 17.5 Å². The normalized spacial score (nSPS) is 11.1. The number of anilines is 1. The van der Waals surface area contributed by atoms with Gasteiger partial charge in [-0.25, -0.2) is 8.42 Å². The average Bonchev–Trinajstić information content (AvgIpc) is 2.60. The first-order valence-electron chi connectivity index (χ1n) is 8.17. The van der Waals surface area contributed by atoms with Crippen molar-refractivity contribution in [3.05, 3.63) is 63.7 Å². The van der Waals surface area contributed by atoms with Crippen molar-refractivity contribution in [1.29, 1.82) is 0 Å². The topological polar surface area (TPSA) is 107 Å². The molecule has 8 nitrogen and oxygen atoms in total. The molecule has 0 N–H and O–H groups in total. The predicted octanol–water partition coefficient (Wildman–Crippen LogP) is 2.97. The molecule has 2 aromatic rings. The number of benzene rings is 2. The second kappa shape index (κ2) is 8.17. The van der Waals surface area contributed by atoms with E-state index in [9.17, 15) is 23.3 Å². The van der Waals surface area contributed by atoms with Gasteiger partial charge < -0.3 is 4.74 Å². The van der Waals surface area contributed by atoms with E-state index in [1.807, 2.05) is 6.92 Å². The van der Waals surface area contributed by atoms with E-state index in [2.05, 4.69) is 0 Å². The van der Waals surface area contributed by atoms with Crippen LogP contribution in [0.3, 0.4) is 0 Å². The second-order valence-corrected chi connectivity index (χ2v) is 7.72. The minimum Gasteiger partial charge on any atom is -0.465 e. The zero-order valence-electron chi connectivity index (χ0n) is 15.2. The van der Waals surface area contributed by atoms with Gasteiger partial charge >= 0.3 is 5.97 Å². The molecule has 0 heterocycles.